The van der Waals surface area contributed by atoms with Gasteiger partial charge in [0.1, 0.15) is 5.75 Å². The number of anilines is 1. The third-order valence-electron chi connectivity index (χ3n) is 4.34. The summed E-state index contributed by atoms with van der Waals surface area (Å²) >= 11 is 0. The number of non-ortho nitro benzene ring substituents is 1. The molecule has 0 saturated carbocycles. The van der Waals surface area contributed by atoms with Crippen LogP contribution in [0.25, 0.3) is 0 Å². The van der Waals surface area contributed by atoms with Crippen LogP contribution in [0.1, 0.15) is 22.8 Å². The van der Waals surface area contributed by atoms with Gasteiger partial charge < -0.3 is 10.1 Å². The van der Waals surface area contributed by atoms with Crippen molar-refractivity contribution in [1.82, 2.24) is 5.43 Å². The van der Waals surface area contributed by atoms with Gasteiger partial charge in [0.25, 0.3) is 17.5 Å². The van der Waals surface area contributed by atoms with E-state index in [1.165, 1.54) is 24.3 Å². The van der Waals surface area contributed by atoms with E-state index in [1.807, 2.05) is 18.2 Å². The number of carbonyl (C=O) groups is 2. The number of hydrogen-bond donors (Lipinski definition) is 2. The van der Waals surface area contributed by atoms with Crippen LogP contribution in [0, 0.1) is 10.1 Å². The number of ether oxygens (including phenoxy) is 1. The Hall–Kier alpha value is -4.53. The number of carbonyl (C=O) groups excluding carboxylic acids is 2. The highest BCUT2D eigenvalue weighted by atomic mass is 16.6. The molecule has 2 N–H and O–H groups in total. The summed E-state index contributed by atoms with van der Waals surface area (Å²) in [4.78, 5) is 34.5. The first-order chi connectivity index (χ1) is 15.4. The molecule has 9 heteroatoms. The molecule has 0 bridgehead atoms. The molecule has 0 fully saturated rings. The van der Waals surface area contributed by atoms with Gasteiger partial charge in [-0.25, -0.2) is 5.43 Å². The van der Waals surface area contributed by atoms with Crippen molar-refractivity contribution in [1.29, 1.82) is 0 Å². The van der Waals surface area contributed by atoms with E-state index in [-0.39, 0.29) is 23.8 Å². The van der Waals surface area contributed by atoms with Gasteiger partial charge in [0.2, 0.25) is 0 Å². The highest BCUT2D eigenvalue weighted by molar-refractivity contribution is 6.02. The molecule has 0 radical (unpaired) electrons. The summed E-state index contributed by atoms with van der Waals surface area (Å²) in [7, 11) is 0. The molecule has 0 aromatic heterocycles. The van der Waals surface area contributed by atoms with E-state index in [1.54, 1.807) is 43.3 Å². The third kappa shape index (κ3) is 6.23. The summed E-state index contributed by atoms with van der Waals surface area (Å²) in [5.41, 5.74) is 4.31. The number of amides is 2. The van der Waals surface area contributed by atoms with Crippen molar-refractivity contribution in [2.45, 2.75) is 6.92 Å². The fourth-order valence-corrected chi connectivity index (χ4v) is 2.68. The first-order valence-electron chi connectivity index (χ1n) is 9.59. The van der Waals surface area contributed by atoms with Crippen LogP contribution < -0.4 is 15.5 Å². The molecule has 3 rings (SSSR count). The zero-order valence-corrected chi connectivity index (χ0v) is 17.1. The molecule has 0 unspecified atom stereocenters. The Morgan fingerprint density at radius 1 is 0.969 bits per heavy atom. The first kappa shape index (κ1) is 22.2. The van der Waals surface area contributed by atoms with Crippen molar-refractivity contribution in [3.63, 3.8) is 0 Å². The highest BCUT2D eigenvalue weighted by Crippen LogP contribution is 2.14. The molecule has 162 valence electrons. The Bertz CT molecular complexity index is 1140. The molecule has 3 aromatic carbocycles. The molecule has 0 atom stereocenters. The molecule has 0 aliphatic carbocycles. The fourth-order valence-electron chi connectivity index (χ4n) is 2.68. The highest BCUT2D eigenvalue weighted by Gasteiger charge is 2.10. The van der Waals surface area contributed by atoms with Crippen LogP contribution >= 0.6 is 0 Å². The van der Waals surface area contributed by atoms with Gasteiger partial charge in [-0.3, -0.25) is 19.7 Å². The lowest BCUT2D eigenvalue weighted by atomic mass is 10.1. The second-order valence-corrected chi connectivity index (χ2v) is 6.67. The lowest BCUT2D eigenvalue weighted by Gasteiger charge is -2.09. The van der Waals surface area contributed by atoms with E-state index in [9.17, 15) is 19.7 Å². The predicted molar refractivity (Wildman–Crippen MR) is 120 cm³/mol. The molecule has 2 amide bonds. The maximum atomic E-state index is 12.2. The SMILES string of the molecule is C/C(=N/NC(=O)c1ccc([N+](=O)[O-])cc1)c1cccc(NC(=O)COc2ccccc2)c1. The van der Waals surface area contributed by atoms with E-state index in [0.717, 1.165) is 0 Å². The number of nitro groups is 1. The number of rotatable bonds is 8. The lowest BCUT2D eigenvalue weighted by Crippen LogP contribution is -2.20. The van der Waals surface area contributed by atoms with Crippen molar-refractivity contribution in [2.24, 2.45) is 5.10 Å². The molecule has 32 heavy (non-hydrogen) atoms. The van der Waals surface area contributed by atoms with Crippen molar-refractivity contribution in [2.75, 3.05) is 11.9 Å². The minimum absolute atomic E-state index is 0.103. The van der Waals surface area contributed by atoms with E-state index in [2.05, 4.69) is 15.8 Å². The van der Waals surface area contributed by atoms with Gasteiger partial charge in [-0.05, 0) is 48.9 Å². The fraction of sp³-hybridized carbons (Fsp3) is 0.0870. The van der Waals surface area contributed by atoms with Gasteiger partial charge >= 0.3 is 0 Å². The summed E-state index contributed by atoms with van der Waals surface area (Å²) in [6.45, 7) is 1.57. The topological polar surface area (TPSA) is 123 Å². The number of nitrogens with one attached hydrogen (secondary N) is 2. The molecule has 9 nitrogen and oxygen atoms in total. The summed E-state index contributed by atoms with van der Waals surface area (Å²) in [5.74, 6) is -0.211. The quantitative estimate of drug-likeness (QED) is 0.319. The minimum Gasteiger partial charge on any atom is -0.484 e. The van der Waals surface area contributed by atoms with Crippen LogP contribution in [0.4, 0.5) is 11.4 Å². The predicted octanol–water partition coefficient (Wildman–Crippen LogP) is 3.77. The molecular formula is C23H20N4O5. The molecule has 0 spiro atoms. The summed E-state index contributed by atoms with van der Waals surface area (Å²) in [5, 5.41) is 17.5. The Kier molecular flexibility index (Phi) is 7.26. The zero-order chi connectivity index (χ0) is 22.9. The molecular weight excluding hydrogens is 412 g/mol. The number of nitro benzene ring substituents is 1. The largest absolute Gasteiger partial charge is 0.484 e. The Morgan fingerprint density at radius 3 is 2.38 bits per heavy atom. The summed E-state index contributed by atoms with van der Waals surface area (Å²) < 4.78 is 5.42. The van der Waals surface area contributed by atoms with Gasteiger partial charge in [0.05, 0.1) is 10.6 Å². The van der Waals surface area contributed by atoms with Crippen LogP contribution in [-0.4, -0.2) is 29.1 Å². The third-order valence-corrected chi connectivity index (χ3v) is 4.34. The van der Waals surface area contributed by atoms with Crippen LogP contribution in [0.5, 0.6) is 5.75 Å². The van der Waals surface area contributed by atoms with Crippen molar-refractivity contribution >= 4 is 28.9 Å². The van der Waals surface area contributed by atoms with Gasteiger partial charge in [-0.15, -0.1) is 0 Å². The molecule has 3 aromatic rings. The average molecular weight is 432 g/mol. The normalized spacial score (nSPS) is 10.8. The van der Waals surface area contributed by atoms with E-state index in [4.69, 9.17) is 4.74 Å². The van der Waals surface area contributed by atoms with Crippen molar-refractivity contribution in [3.8, 4) is 5.75 Å². The molecule has 0 aliphatic heterocycles. The molecule has 0 heterocycles. The van der Waals surface area contributed by atoms with Gasteiger partial charge in [0.15, 0.2) is 6.61 Å². The minimum atomic E-state index is -0.538. The van der Waals surface area contributed by atoms with Crippen LogP contribution in [0.3, 0.4) is 0 Å². The van der Waals surface area contributed by atoms with E-state index < -0.39 is 10.8 Å². The molecule has 0 saturated heterocycles. The second-order valence-electron chi connectivity index (χ2n) is 6.67. The number of para-hydroxylation sites is 1. The van der Waals surface area contributed by atoms with Crippen molar-refractivity contribution in [3.05, 3.63) is 100 Å². The number of nitrogens with zero attached hydrogens (tertiary/aromatic N) is 2. The zero-order valence-electron chi connectivity index (χ0n) is 17.1. The van der Waals surface area contributed by atoms with Crippen molar-refractivity contribution < 1.29 is 19.2 Å². The van der Waals surface area contributed by atoms with Gasteiger partial charge in [-0.1, -0.05) is 30.3 Å². The van der Waals surface area contributed by atoms with E-state index >= 15 is 0 Å². The number of hydrazone groups is 1. The van der Waals surface area contributed by atoms with Crippen LogP contribution in [0.15, 0.2) is 84.0 Å². The first-order valence-corrected chi connectivity index (χ1v) is 9.59. The second kappa shape index (κ2) is 10.5. The Balaban J connectivity index is 1.58. The van der Waals surface area contributed by atoms with Crippen LogP contribution in [-0.2, 0) is 4.79 Å². The van der Waals surface area contributed by atoms with Gasteiger partial charge in [-0.2, -0.15) is 5.10 Å². The Morgan fingerprint density at radius 2 is 1.69 bits per heavy atom. The smallest absolute Gasteiger partial charge is 0.271 e. The standard InChI is InChI=1S/C23H20N4O5/c1-16(25-26-23(29)17-10-12-20(13-11-17)27(30)31)18-6-5-7-19(14-18)24-22(28)15-32-21-8-3-2-4-9-21/h2-14H,15H2,1H3,(H,24,28)(H,26,29)/b25-16-. The van der Waals surface area contributed by atoms with Gasteiger partial charge in [0, 0.05) is 23.4 Å². The monoisotopic (exact) mass is 432 g/mol. The summed E-state index contributed by atoms with van der Waals surface area (Å²) in [6.07, 6.45) is 0. The maximum absolute atomic E-state index is 12.2. The average Bonchev–Trinajstić information content (AvgIpc) is 2.82. The summed E-state index contributed by atoms with van der Waals surface area (Å²) in [6, 6.07) is 21.2. The Labute approximate surface area is 183 Å². The van der Waals surface area contributed by atoms with E-state index in [0.29, 0.717) is 22.7 Å². The lowest BCUT2D eigenvalue weighted by molar-refractivity contribution is -0.384. The molecule has 0 aliphatic rings. The number of hydrogen-bond acceptors (Lipinski definition) is 6. The van der Waals surface area contributed by atoms with Crippen LogP contribution in [0.2, 0.25) is 0 Å². The number of benzene rings is 3. The maximum Gasteiger partial charge on any atom is 0.271 e.